The van der Waals surface area contributed by atoms with Gasteiger partial charge in [-0.3, -0.25) is 9.59 Å². The highest BCUT2D eigenvalue weighted by atomic mass is 35.5. The molecule has 0 saturated carbocycles. The summed E-state index contributed by atoms with van der Waals surface area (Å²) in [5.41, 5.74) is 1.10. The van der Waals surface area contributed by atoms with Crippen LogP contribution in [0.2, 0.25) is 5.02 Å². The Bertz CT molecular complexity index is 963. The van der Waals surface area contributed by atoms with Crippen molar-refractivity contribution in [3.05, 3.63) is 70.7 Å². The van der Waals surface area contributed by atoms with Gasteiger partial charge in [0.25, 0.3) is 5.91 Å². The number of carbonyl (C=O) groups is 2. The minimum Gasteiger partial charge on any atom is -0.352 e. The van der Waals surface area contributed by atoms with Gasteiger partial charge in [-0.25, -0.2) is 8.42 Å². The van der Waals surface area contributed by atoms with Crippen LogP contribution in [0.15, 0.2) is 54.6 Å². The predicted octanol–water partition coefficient (Wildman–Crippen LogP) is 2.50. The highest BCUT2D eigenvalue weighted by molar-refractivity contribution is 7.91. The molecule has 1 saturated heterocycles. The second-order valence-corrected chi connectivity index (χ2v) is 9.42. The molecule has 28 heavy (non-hydrogen) atoms. The van der Waals surface area contributed by atoms with E-state index in [2.05, 4.69) is 10.6 Å². The summed E-state index contributed by atoms with van der Waals surface area (Å²) in [6, 6.07) is 14.9. The van der Waals surface area contributed by atoms with Crippen LogP contribution in [0.5, 0.6) is 0 Å². The maximum Gasteiger partial charge on any atom is 0.253 e. The van der Waals surface area contributed by atoms with E-state index in [0.29, 0.717) is 17.0 Å². The lowest BCUT2D eigenvalue weighted by atomic mass is 10.0. The van der Waals surface area contributed by atoms with E-state index in [0.717, 1.165) is 5.56 Å². The molecule has 3 rings (SSSR count). The summed E-state index contributed by atoms with van der Waals surface area (Å²) < 4.78 is 23.2. The summed E-state index contributed by atoms with van der Waals surface area (Å²) >= 11 is 6.10. The smallest absolute Gasteiger partial charge is 0.253 e. The molecule has 2 N–H and O–H groups in total. The first kappa shape index (κ1) is 20.4. The van der Waals surface area contributed by atoms with Gasteiger partial charge in [-0.05, 0) is 24.1 Å². The lowest BCUT2D eigenvalue weighted by molar-refractivity contribution is -0.122. The standard InChI is InChI=1S/C20H21ClN2O4S/c21-17-9-5-4-8-16(17)20(25)23-18(14-6-2-1-3-7-14)12-19(24)22-15-10-11-28(26,27)13-15/h1-9,15,18H,10-13H2,(H,22,24)(H,23,25)/t15-,18-/m1/s1. The first-order valence-corrected chi connectivity index (χ1v) is 11.1. The van der Waals surface area contributed by atoms with Crippen molar-refractivity contribution in [1.29, 1.82) is 0 Å². The zero-order valence-electron chi connectivity index (χ0n) is 15.1. The largest absolute Gasteiger partial charge is 0.352 e. The lowest BCUT2D eigenvalue weighted by Gasteiger charge is -2.20. The second-order valence-electron chi connectivity index (χ2n) is 6.79. The molecule has 0 spiro atoms. The summed E-state index contributed by atoms with van der Waals surface area (Å²) in [5, 5.41) is 5.95. The third-order valence-corrected chi connectivity index (χ3v) is 6.71. The minimum atomic E-state index is -3.08. The van der Waals surface area contributed by atoms with E-state index >= 15 is 0 Å². The molecule has 2 aromatic carbocycles. The zero-order valence-corrected chi connectivity index (χ0v) is 16.7. The van der Waals surface area contributed by atoms with Crippen LogP contribution in [-0.4, -0.2) is 37.8 Å². The van der Waals surface area contributed by atoms with Crippen molar-refractivity contribution in [2.45, 2.75) is 24.9 Å². The molecule has 0 aromatic heterocycles. The van der Waals surface area contributed by atoms with Crippen LogP contribution in [-0.2, 0) is 14.6 Å². The summed E-state index contributed by atoms with van der Waals surface area (Å²) in [4.78, 5) is 25.1. The Kier molecular flexibility index (Phi) is 6.36. The molecule has 1 heterocycles. The van der Waals surface area contributed by atoms with Gasteiger partial charge in [0.2, 0.25) is 5.91 Å². The molecule has 148 valence electrons. The number of hydrogen-bond acceptors (Lipinski definition) is 4. The Hall–Kier alpha value is -2.38. The van der Waals surface area contributed by atoms with Gasteiger partial charge < -0.3 is 10.6 Å². The van der Waals surface area contributed by atoms with E-state index in [-0.39, 0.29) is 35.8 Å². The lowest BCUT2D eigenvalue weighted by Crippen LogP contribution is -2.39. The zero-order chi connectivity index (χ0) is 20.1. The van der Waals surface area contributed by atoms with Gasteiger partial charge in [-0.2, -0.15) is 0 Å². The van der Waals surface area contributed by atoms with Gasteiger partial charge in [0.15, 0.2) is 9.84 Å². The van der Waals surface area contributed by atoms with Crippen molar-refractivity contribution >= 4 is 33.3 Å². The average Bonchev–Trinajstić information content (AvgIpc) is 3.00. The minimum absolute atomic E-state index is 0.00322. The van der Waals surface area contributed by atoms with Gasteiger partial charge in [0, 0.05) is 6.04 Å². The van der Waals surface area contributed by atoms with E-state index in [4.69, 9.17) is 11.6 Å². The molecule has 1 aliphatic heterocycles. The molecule has 2 aromatic rings. The van der Waals surface area contributed by atoms with Crippen molar-refractivity contribution in [2.75, 3.05) is 11.5 Å². The number of hydrogen-bond donors (Lipinski definition) is 2. The number of carbonyl (C=O) groups excluding carboxylic acids is 2. The molecule has 2 atom stereocenters. The van der Waals surface area contributed by atoms with Crippen molar-refractivity contribution in [2.24, 2.45) is 0 Å². The number of nitrogens with one attached hydrogen (secondary N) is 2. The van der Waals surface area contributed by atoms with Gasteiger partial charge in [0.05, 0.1) is 34.6 Å². The third-order valence-electron chi connectivity index (χ3n) is 4.61. The summed E-state index contributed by atoms with van der Waals surface area (Å²) in [6.45, 7) is 0. The topological polar surface area (TPSA) is 92.3 Å². The summed E-state index contributed by atoms with van der Waals surface area (Å²) in [7, 11) is -3.08. The first-order valence-electron chi connectivity index (χ1n) is 8.94. The third kappa shape index (κ3) is 5.33. The van der Waals surface area contributed by atoms with E-state index in [9.17, 15) is 18.0 Å². The molecule has 0 radical (unpaired) electrons. The maximum absolute atomic E-state index is 12.7. The molecule has 0 bridgehead atoms. The van der Waals surface area contributed by atoms with Crippen molar-refractivity contribution in [3.8, 4) is 0 Å². The predicted molar refractivity (Wildman–Crippen MR) is 108 cm³/mol. The molecule has 1 fully saturated rings. The SMILES string of the molecule is O=C(C[C@@H](NC(=O)c1ccccc1Cl)c1ccccc1)N[C@@H]1CCS(=O)(=O)C1. The molecule has 6 nitrogen and oxygen atoms in total. The highest BCUT2D eigenvalue weighted by Gasteiger charge is 2.30. The van der Waals surface area contributed by atoms with Gasteiger partial charge in [-0.1, -0.05) is 54.1 Å². The maximum atomic E-state index is 12.7. The molecule has 0 unspecified atom stereocenters. The molecule has 0 aliphatic carbocycles. The summed E-state index contributed by atoms with van der Waals surface area (Å²) in [6.07, 6.45) is 0.410. The fourth-order valence-corrected chi connectivity index (χ4v) is 5.09. The average molecular weight is 421 g/mol. The van der Waals surface area contributed by atoms with Crippen LogP contribution in [0.1, 0.15) is 34.8 Å². The van der Waals surface area contributed by atoms with Crippen LogP contribution >= 0.6 is 11.6 Å². The quantitative estimate of drug-likeness (QED) is 0.751. The van der Waals surface area contributed by atoms with E-state index < -0.39 is 15.9 Å². The Morgan fingerprint density at radius 2 is 1.75 bits per heavy atom. The van der Waals surface area contributed by atoms with Crippen LogP contribution in [0.4, 0.5) is 0 Å². The van der Waals surface area contributed by atoms with Gasteiger partial charge in [0.1, 0.15) is 0 Å². The number of benzene rings is 2. The van der Waals surface area contributed by atoms with Gasteiger partial charge in [-0.15, -0.1) is 0 Å². The molecule has 8 heteroatoms. The fraction of sp³-hybridized carbons (Fsp3) is 0.300. The van der Waals surface area contributed by atoms with Crippen molar-refractivity contribution < 1.29 is 18.0 Å². The first-order chi connectivity index (χ1) is 13.3. The van der Waals surface area contributed by atoms with E-state index in [1.165, 1.54) is 0 Å². The molecular weight excluding hydrogens is 400 g/mol. The molecule has 2 amide bonds. The number of halogens is 1. The van der Waals surface area contributed by atoms with Crippen molar-refractivity contribution in [3.63, 3.8) is 0 Å². The fourth-order valence-electron chi connectivity index (χ4n) is 3.20. The molecular formula is C20H21ClN2O4S. The second kappa shape index (κ2) is 8.75. The highest BCUT2D eigenvalue weighted by Crippen LogP contribution is 2.21. The normalized spacial score (nSPS) is 19.0. The Balaban J connectivity index is 1.72. The monoisotopic (exact) mass is 420 g/mol. The number of amides is 2. The van der Waals surface area contributed by atoms with Gasteiger partial charge >= 0.3 is 0 Å². The number of rotatable bonds is 6. The Morgan fingerprint density at radius 3 is 2.39 bits per heavy atom. The van der Waals surface area contributed by atoms with Crippen LogP contribution in [0, 0.1) is 0 Å². The van der Waals surface area contributed by atoms with Crippen LogP contribution in [0.3, 0.4) is 0 Å². The van der Waals surface area contributed by atoms with Crippen LogP contribution in [0.25, 0.3) is 0 Å². The number of sulfone groups is 1. The van der Waals surface area contributed by atoms with E-state index in [1.54, 1.807) is 24.3 Å². The van der Waals surface area contributed by atoms with Crippen molar-refractivity contribution in [1.82, 2.24) is 10.6 Å². The Morgan fingerprint density at radius 1 is 1.07 bits per heavy atom. The Labute approximate surface area is 169 Å². The van der Waals surface area contributed by atoms with Crippen LogP contribution < -0.4 is 10.6 Å². The summed E-state index contributed by atoms with van der Waals surface area (Å²) in [5.74, 6) is -0.643. The van der Waals surface area contributed by atoms with E-state index in [1.807, 2.05) is 30.3 Å². The molecule has 1 aliphatic rings.